The van der Waals surface area contributed by atoms with Gasteiger partial charge in [0.05, 0.1) is 24.5 Å². The maximum atomic E-state index is 14.3. The van der Waals surface area contributed by atoms with Gasteiger partial charge in [-0.2, -0.15) is 0 Å². The van der Waals surface area contributed by atoms with Gasteiger partial charge in [0, 0.05) is 31.9 Å². The van der Waals surface area contributed by atoms with E-state index < -0.39 is 29.6 Å². The van der Waals surface area contributed by atoms with Gasteiger partial charge in [0.15, 0.2) is 0 Å². The molecule has 1 spiro atoms. The first-order valence-corrected chi connectivity index (χ1v) is 13.0. The van der Waals surface area contributed by atoms with Gasteiger partial charge in [-0.1, -0.05) is 61.6 Å². The fourth-order valence-corrected chi connectivity index (χ4v) is 6.58. The highest BCUT2D eigenvalue weighted by molar-refractivity contribution is 6.06. The Balaban J connectivity index is 1.43. The molecule has 37 heavy (non-hydrogen) atoms. The minimum atomic E-state index is -1.28. The highest BCUT2D eigenvalue weighted by atomic mass is 16.5. The van der Waals surface area contributed by atoms with Crippen LogP contribution in [0.2, 0.25) is 0 Å². The summed E-state index contributed by atoms with van der Waals surface area (Å²) in [5.74, 6) is -2.25. The fraction of sp³-hybridized carbons (Fsp3) is 0.414. The van der Waals surface area contributed by atoms with Gasteiger partial charge in [-0.15, -0.1) is 0 Å². The molecule has 2 aromatic carbocycles. The zero-order valence-corrected chi connectivity index (χ0v) is 20.8. The van der Waals surface area contributed by atoms with Crippen LogP contribution in [-0.2, 0) is 19.1 Å². The summed E-state index contributed by atoms with van der Waals surface area (Å²) in [7, 11) is 0. The number of ether oxygens (including phenoxy) is 1. The van der Waals surface area contributed by atoms with Crippen LogP contribution in [0.3, 0.4) is 0 Å². The number of anilines is 1. The molecule has 4 aliphatic rings. The van der Waals surface area contributed by atoms with Crippen LogP contribution in [0.1, 0.15) is 13.3 Å². The highest BCUT2D eigenvalue weighted by Gasteiger charge is 2.71. The van der Waals surface area contributed by atoms with Crippen LogP contribution in [0.4, 0.5) is 5.69 Å². The zero-order chi connectivity index (χ0) is 25.7. The Labute approximate surface area is 215 Å². The SMILES string of the molecule is CCCN1CC=C[C@@H]2O[C@]34C=CCN(c5ccc6ccccc6c5)C(=O)C3N(CCO)C(=O)[C@@H]4[C@@H]2C1=O. The molecule has 8 nitrogen and oxygen atoms in total. The van der Waals surface area contributed by atoms with Crippen molar-refractivity contribution < 1.29 is 24.2 Å². The first kappa shape index (κ1) is 23.9. The van der Waals surface area contributed by atoms with Crippen LogP contribution in [0.5, 0.6) is 0 Å². The van der Waals surface area contributed by atoms with Crippen LogP contribution in [0, 0.1) is 11.8 Å². The number of carbonyl (C=O) groups is 3. The van der Waals surface area contributed by atoms with Crippen LogP contribution in [0.15, 0.2) is 66.8 Å². The van der Waals surface area contributed by atoms with Gasteiger partial charge in [-0.3, -0.25) is 14.4 Å². The molecule has 4 heterocycles. The highest BCUT2D eigenvalue weighted by Crippen LogP contribution is 2.53. The molecule has 0 aromatic heterocycles. The summed E-state index contributed by atoms with van der Waals surface area (Å²) in [4.78, 5) is 46.7. The number of rotatable bonds is 5. The molecule has 0 bridgehead atoms. The van der Waals surface area contributed by atoms with E-state index in [-0.39, 0.29) is 30.9 Å². The van der Waals surface area contributed by atoms with Gasteiger partial charge in [0.25, 0.3) is 5.91 Å². The summed E-state index contributed by atoms with van der Waals surface area (Å²) >= 11 is 0. The lowest BCUT2D eigenvalue weighted by atomic mass is 9.77. The average Bonchev–Trinajstić information content (AvgIpc) is 3.21. The van der Waals surface area contributed by atoms with E-state index in [9.17, 15) is 19.5 Å². The molecule has 1 N–H and O–H groups in total. The summed E-state index contributed by atoms with van der Waals surface area (Å²) in [5.41, 5.74) is -0.554. The van der Waals surface area contributed by atoms with Crippen LogP contribution in [0.25, 0.3) is 10.8 Å². The summed E-state index contributed by atoms with van der Waals surface area (Å²) < 4.78 is 6.60. The lowest BCUT2D eigenvalue weighted by Gasteiger charge is -2.35. The number of benzene rings is 2. The van der Waals surface area contributed by atoms with E-state index in [0.717, 1.165) is 22.9 Å². The molecular formula is C29H31N3O5. The number of aliphatic hydroxyl groups is 1. The molecule has 6 rings (SSSR count). The van der Waals surface area contributed by atoms with Gasteiger partial charge in [-0.05, 0) is 29.3 Å². The van der Waals surface area contributed by atoms with Crippen molar-refractivity contribution in [3.05, 3.63) is 66.8 Å². The van der Waals surface area contributed by atoms with E-state index in [0.29, 0.717) is 19.6 Å². The van der Waals surface area contributed by atoms with Crippen molar-refractivity contribution in [2.45, 2.75) is 31.1 Å². The Kier molecular flexibility index (Phi) is 5.88. The quantitative estimate of drug-likeness (QED) is 0.634. The number of amides is 3. The Morgan fingerprint density at radius 1 is 0.973 bits per heavy atom. The van der Waals surface area contributed by atoms with E-state index >= 15 is 0 Å². The first-order chi connectivity index (χ1) is 18.0. The van der Waals surface area contributed by atoms with Crippen LogP contribution in [-0.4, -0.2) is 83.2 Å². The average molecular weight is 502 g/mol. The van der Waals surface area contributed by atoms with Crippen molar-refractivity contribution in [1.29, 1.82) is 0 Å². The maximum Gasteiger partial charge on any atom is 0.253 e. The summed E-state index contributed by atoms with van der Waals surface area (Å²) in [6.45, 7) is 3.10. The lowest BCUT2D eigenvalue weighted by molar-refractivity contribution is -0.144. The Morgan fingerprint density at radius 2 is 1.78 bits per heavy atom. The van der Waals surface area contributed by atoms with Gasteiger partial charge in [0.1, 0.15) is 11.6 Å². The van der Waals surface area contributed by atoms with Crippen molar-refractivity contribution >= 4 is 34.2 Å². The van der Waals surface area contributed by atoms with Crippen molar-refractivity contribution in [2.75, 3.05) is 37.7 Å². The predicted octanol–water partition coefficient (Wildman–Crippen LogP) is 2.12. The van der Waals surface area contributed by atoms with E-state index in [4.69, 9.17) is 4.74 Å². The number of hydrogen-bond acceptors (Lipinski definition) is 5. The second kappa shape index (κ2) is 9.11. The topological polar surface area (TPSA) is 90.4 Å². The van der Waals surface area contributed by atoms with Crippen molar-refractivity contribution in [3.63, 3.8) is 0 Å². The lowest BCUT2D eigenvalue weighted by Crippen LogP contribution is -2.55. The summed E-state index contributed by atoms with van der Waals surface area (Å²) in [6, 6.07) is 12.8. The molecule has 1 unspecified atom stereocenters. The van der Waals surface area contributed by atoms with Gasteiger partial charge in [0.2, 0.25) is 11.8 Å². The van der Waals surface area contributed by atoms with Crippen LogP contribution >= 0.6 is 0 Å². The van der Waals surface area contributed by atoms with Crippen molar-refractivity contribution in [1.82, 2.24) is 9.80 Å². The fourth-order valence-electron chi connectivity index (χ4n) is 6.58. The van der Waals surface area contributed by atoms with Gasteiger partial charge < -0.3 is 24.5 Å². The Bertz CT molecular complexity index is 1320. The van der Waals surface area contributed by atoms with Gasteiger partial charge in [-0.25, -0.2) is 0 Å². The maximum absolute atomic E-state index is 14.3. The number of aliphatic hydroxyl groups excluding tert-OH is 1. The van der Waals surface area contributed by atoms with Crippen LogP contribution < -0.4 is 4.90 Å². The molecule has 5 atom stereocenters. The monoisotopic (exact) mass is 501 g/mol. The molecule has 0 radical (unpaired) electrons. The minimum Gasteiger partial charge on any atom is -0.395 e. The molecule has 4 aliphatic heterocycles. The Morgan fingerprint density at radius 3 is 2.57 bits per heavy atom. The number of nitrogens with zero attached hydrogens (tertiary/aromatic N) is 3. The second-order valence-corrected chi connectivity index (χ2v) is 10.2. The molecule has 2 saturated heterocycles. The first-order valence-electron chi connectivity index (χ1n) is 13.0. The van der Waals surface area contributed by atoms with E-state index in [1.54, 1.807) is 9.80 Å². The number of carbonyl (C=O) groups excluding carboxylic acids is 3. The third-order valence-electron chi connectivity index (χ3n) is 8.12. The molecule has 0 saturated carbocycles. The molecular weight excluding hydrogens is 470 g/mol. The third kappa shape index (κ3) is 3.54. The third-order valence-corrected chi connectivity index (χ3v) is 8.12. The van der Waals surface area contributed by atoms with E-state index in [2.05, 4.69) is 0 Å². The summed E-state index contributed by atoms with van der Waals surface area (Å²) in [6.07, 6.45) is 7.71. The standard InChI is InChI=1S/C29H31N3O5/c1-2-13-30-14-5-9-22-23(26(30)34)24-27(35)32(16-17-33)25-28(36)31(15-6-12-29(24,25)37-22)21-11-10-19-7-3-4-8-20(19)18-21/h3-12,18,22-25,33H,2,13-17H2,1H3/t22-,23+,24-,25?,29-/m0/s1. The normalized spacial score (nSPS) is 31.0. The number of fused-ring (bicyclic) bond motifs is 3. The number of hydrogen-bond donors (Lipinski definition) is 1. The Hall–Kier alpha value is -3.49. The molecule has 2 fully saturated rings. The number of likely N-dealkylation sites (tertiary alicyclic amines) is 1. The minimum absolute atomic E-state index is 0.00363. The second-order valence-electron chi connectivity index (χ2n) is 10.2. The molecule has 2 aromatic rings. The largest absolute Gasteiger partial charge is 0.395 e. The molecule has 8 heteroatoms. The predicted molar refractivity (Wildman–Crippen MR) is 139 cm³/mol. The zero-order valence-electron chi connectivity index (χ0n) is 20.8. The molecule has 0 aliphatic carbocycles. The molecule has 3 amide bonds. The summed E-state index contributed by atoms with van der Waals surface area (Å²) in [5, 5.41) is 11.9. The van der Waals surface area contributed by atoms with Crippen molar-refractivity contribution in [2.24, 2.45) is 11.8 Å². The smallest absolute Gasteiger partial charge is 0.253 e. The van der Waals surface area contributed by atoms with Crippen molar-refractivity contribution in [3.8, 4) is 0 Å². The van der Waals surface area contributed by atoms with Gasteiger partial charge >= 0.3 is 0 Å². The number of β-amino-alcohol motifs (C(OH)–C–C–N with tert-alkyl or cyclic N) is 1. The molecule has 192 valence electrons. The van der Waals surface area contributed by atoms with E-state index in [1.807, 2.05) is 73.7 Å². The van der Waals surface area contributed by atoms with E-state index in [1.165, 1.54) is 4.90 Å².